The van der Waals surface area contributed by atoms with Crippen molar-refractivity contribution in [1.82, 2.24) is 9.29 Å². The lowest BCUT2D eigenvalue weighted by Gasteiger charge is -2.15. The number of hydrogen-bond donors (Lipinski definition) is 2. The number of aromatic nitrogens is 1. The molecule has 192 valence electrons. The van der Waals surface area contributed by atoms with E-state index in [2.05, 4.69) is 11.6 Å². The van der Waals surface area contributed by atoms with Crippen LogP contribution in [0.25, 0.3) is 27.7 Å². The number of benzene rings is 3. The summed E-state index contributed by atoms with van der Waals surface area (Å²) < 4.78 is 33.6. The number of carboxylic acids is 1. The normalized spacial score (nSPS) is 11.2. The number of fused-ring (bicyclic) bond motifs is 1. The van der Waals surface area contributed by atoms with Crippen LogP contribution in [0.15, 0.2) is 76.6 Å². The summed E-state index contributed by atoms with van der Waals surface area (Å²) in [5.74, 6) is -2.51. The lowest BCUT2D eigenvalue weighted by molar-refractivity contribution is 0.0695. The Morgan fingerprint density at radius 2 is 1.68 bits per heavy atom. The third-order valence-corrected chi connectivity index (χ3v) is 7.02. The molecule has 37 heavy (non-hydrogen) atoms. The molecule has 0 saturated carbocycles. The van der Waals surface area contributed by atoms with Gasteiger partial charge in [-0.05, 0) is 72.5 Å². The standard InChI is InChI=1S/C29H28F2N2O3S/c1-2-3-4-5-6-15-32-37-22-13-7-19(8-14-22)23-17-27-24(16-26(23)31)28(34)25(29(35)36)18-33(27)21-11-9-20(30)10-12-21/h7-14,16-18,32H,2-6,15H2,1H3,(H,35,36). The van der Waals surface area contributed by atoms with Crippen LogP contribution in [0.3, 0.4) is 0 Å². The fraction of sp³-hybridized carbons (Fsp3) is 0.241. The fourth-order valence-electron chi connectivity index (χ4n) is 4.17. The molecule has 0 radical (unpaired) electrons. The number of halogens is 2. The lowest BCUT2D eigenvalue weighted by Crippen LogP contribution is -2.18. The second-order valence-corrected chi connectivity index (χ2v) is 9.77. The van der Waals surface area contributed by atoms with E-state index in [9.17, 15) is 19.1 Å². The molecule has 1 aromatic heterocycles. The SMILES string of the molecule is CCCCCCCNSc1ccc(-c2cc3c(cc2F)c(=O)c(C(=O)O)cn3-c2ccc(F)cc2)cc1. The second kappa shape index (κ2) is 12.2. The molecule has 0 fully saturated rings. The van der Waals surface area contributed by atoms with E-state index in [4.69, 9.17) is 0 Å². The highest BCUT2D eigenvalue weighted by Gasteiger charge is 2.18. The molecule has 0 saturated heterocycles. The maximum atomic E-state index is 15.2. The van der Waals surface area contributed by atoms with Gasteiger partial charge < -0.3 is 9.67 Å². The molecular formula is C29H28F2N2O3S. The number of carboxylic acid groups (broad SMARTS) is 1. The van der Waals surface area contributed by atoms with Gasteiger partial charge in [0.2, 0.25) is 5.43 Å². The van der Waals surface area contributed by atoms with Gasteiger partial charge in [-0.25, -0.2) is 13.6 Å². The zero-order valence-electron chi connectivity index (χ0n) is 20.5. The molecule has 4 aromatic rings. The summed E-state index contributed by atoms with van der Waals surface area (Å²) in [5, 5.41) is 9.45. The van der Waals surface area contributed by atoms with Gasteiger partial charge in [0.15, 0.2) is 0 Å². The summed E-state index contributed by atoms with van der Waals surface area (Å²) in [4.78, 5) is 25.5. The molecule has 0 unspecified atom stereocenters. The molecule has 0 amide bonds. The number of nitrogens with zero attached hydrogens (tertiary/aromatic N) is 1. The highest BCUT2D eigenvalue weighted by Crippen LogP contribution is 2.30. The molecule has 1 heterocycles. The van der Waals surface area contributed by atoms with Gasteiger partial charge in [-0.3, -0.25) is 9.52 Å². The Morgan fingerprint density at radius 1 is 0.973 bits per heavy atom. The quantitative estimate of drug-likeness (QED) is 0.161. The minimum atomic E-state index is -1.42. The number of rotatable bonds is 11. The van der Waals surface area contributed by atoms with Gasteiger partial charge in [0.25, 0.3) is 0 Å². The van der Waals surface area contributed by atoms with E-state index in [1.807, 2.05) is 24.3 Å². The van der Waals surface area contributed by atoms with E-state index in [-0.39, 0.29) is 10.9 Å². The van der Waals surface area contributed by atoms with Crippen molar-refractivity contribution in [2.45, 2.75) is 43.9 Å². The molecule has 0 aliphatic rings. The van der Waals surface area contributed by atoms with Crippen LogP contribution in [0, 0.1) is 11.6 Å². The molecule has 3 aromatic carbocycles. The van der Waals surface area contributed by atoms with Crippen molar-refractivity contribution in [2.75, 3.05) is 6.54 Å². The number of pyridine rings is 1. The summed E-state index contributed by atoms with van der Waals surface area (Å²) in [6.07, 6.45) is 7.25. The molecule has 8 heteroatoms. The van der Waals surface area contributed by atoms with Crippen LogP contribution in [0.5, 0.6) is 0 Å². The number of nitrogens with one attached hydrogen (secondary N) is 1. The Balaban J connectivity index is 1.65. The summed E-state index contributed by atoms with van der Waals surface area (Å²) >= 11 is 1.53. The van der Waals surface area contributed by atoms with Crippen molar-refractivity contribution in [2.24, 2.45) is 0 Å². The highest BCUT2D eigenvalue weighted by atomic mass is 32.2. The van der Waals surface area contributed by atoms with E-state index >= 15 is 4.39 Å². The van der Waals surface area contributed by atoms with E-state index in [0.717, 1.165) is 23.9 Å². The van der Waals surface area contributed by atoms with E-state index in [0.29, 0.717) is 16.8 Å². The topological polar surface area (TPSA) is 71.3 Å². The number of carbonyl (C=O) groups is 1. The van der Waals surface area contributed by atoms with Crippen LogP contribution in [0.1, 0.15) is 49.4 Å². The monoisotopic (exact) mass is 522 g/mol. The van der Waals surface area contributed by atoms with Crippen molar-refractivity contribution in [3.63, 3.8) is 0 Å². The molecule has 0 atom stereocenters. The third-order valence-electron chi connectivity index (χ3n) is 6.17. The Kier molecular flexibility index (Phi) is 8.74. The average Bonchev–Trinajstić information content (AvgIpc) is 2.89. The van der Waals surface area contributed by atoms with Gasteiger partial charge in [-0.2, -0.15) is 0 Å². The van der Waals surface area contributed by atoms with Crippen LogP contribution in [0.4, 0.5) is 8.78 Å². The highest BCUT2D eigenvalue weighted by molar-refractivity contribution is 7.97. The minimum absolute atomic E-state index is 0.0687. The first-order valence-electron chi connectivity index (χ1n) is 12.3. The van der Waals surface area contributed by atoms with Crippen LogP contribution < -0.4 is 10.2 Å². The molecule has 5 nitrogen and oxygen atoms in total. The van der Waals surface area contributed by atoms with Crippen LogP contribution in [-0.2, 0) is 0 Å². The smallest absolute Gasteiger partial charge is 0.341 e. The van der Waals surface area contributed by atoms with Gasteiger partial charge in [0.1, 0.15) is 17.2 Å². The predicted octanol–water partition coefficient (Wildman–Crippen LogP) is 7.20. The van der Waals surface area contributed by atoms with Crippen molar-refractivity contribution < 1.29 is 18.7 Å². The Hall–Kier alpha value is -3.49. The van der Waals surface area contributed by atoms with E-state index in [1.54, 1.807) is 0 Å². The number of aromatic carboxylic acids is 1. The average molecular weight is 523 g/mol. The van der Waals surface area contributed by atoms with Crippen LogP contribution in [0.2, 0.25) is 0 Å². The second-order valence-electron chi connectivity index (χ2n) is 8.81. The van der Waals surface area contributed by atoms with Crippen molar-refractivity contribution in [3.05, 3.63) is 94.3 Å². The zero-order chi connectivity index (χ0) is 26.4. The summed E-state index contributed by atoms with van der Waals surface area (Å²) in [5.41, 5.74) is 0.372. The van der Waals surface area contributed by atoms with Gasteiger partial charge in [-0.15, -0.1) is 0 Å². The Labute approximate surface area is 218 Å². The van der Waals surface area contributed by atoms with Gasteiger partial charge in [0.05, 0.1) is 5.52 Å². The number of unbranched alkanes of at least 4 members (excludes halogenated alkanes) is 4. The van der Waals surface area contributed by atoms with Crippen LogP contribution >= 0.6 is 11.9 Å². The van der Waals surface area contributed by atoms with Crippen LogP contribution in [-0.4, -0.2) is 22.2 Å². The molecule has 2 N–H and O–H groups in total. The van der Waals surface area contributed by atoms with E-state index < -0.39 is 28.6 Å². The molecule has 0 aliphatic heterocycles. The maximum Gasteiger partial charge on any atom is 0.341 e. The molecule has 0 spiro atoms. The first-order valence-corrected chi connectivity index (χ1v) is 13.1. The summed E-state index contributed by atoms with van der Waals surface area (Å²) in [6.45, 7) is 3.11. The molecule has 0 aliphatic carbocycles. The summed E-state index contributed by atoms with van der Waals surface area (Å²) in [6, 6.07) is 15.4. The predicted molar refractivity (Wildman–Crippen MR) is 144 cm³/mol. The fourth-order valence-corrected chi connectivity index (χ4v) is 4.86. The first kappa shape index (κ1) is 26.6. The third kappa shape index (κ3) is 6.26. The van der Waals surface area contributed by atoms with Crippen molar-refractivity contribution >= 4 is 28.8 Å². The molecule has 4 rings (SSSR count). The van der Waals surface area contributed by atoms with Gasteiger partial charge >= 0.3 is 5.97 Å². The largest absolute Gasteiger partial charge is 0.477 e. The lowest BCUT2D eigenvalue weighted by atomic mass is 10.0. The Morgan fingerprint density at radius 3 is 2.35 bits per heavy atom. The van der Waals surface area contributed by atoms with Crippen molar-refractivity contribution in [3.8, 4) is 16.8 Å². The van der Waals surface area contributed by atoms with E-state index in [1.165, 1.54) is 78.7 Å². The maximum absolute atomic E-state index is 15.2. The van der Waals surface area contributed by atoms with Crippen molar-refractivity contribution in [1.29, 1.82) is 0 Å². The summed E-state index contributed by atoms with van der Waals surface area (Å²) in [7, 11) is 0. The molecule has 0 bridgehead atoms. The molecular weight excluding hydrogens is 494 g/mol. The first-order chi connectivity index (χ1) is 17.9. The zero-order valence-corrected chi connectivity index (χ0v) is 21.3. The van der Waals surface area contributed by atoms with Gasteiger partial charge in [0, 0.05) is 34.3 Å². The number of hydrogen-bond acceptors (Lipinski definition) is 4. The Bertz CT molecular complexity index is 1450. The minimum Gasteiger partial charge on any atom is -0.477 e. The van der Waals surface area contributed by atoms with Gasteiger partial charge in [-0.1, -0.05) is 44.7 Å².